The second-order valence-electron chi connectivity index (χ2n) is 3.76. The average Bonchev–Trinajstić information content (AvgIpc) is 2.37. The summed E-state index contributed by atoms with van der Waals surface area (Å²) in [5.41, 5.74) is 5.86. The van der Waals surface area contributed by atoms with Crippen molar-refractivity contribution in [2.24, 2.45) is 16.8 Å². The maximum Gasteiger partial charge on any atom is 0.251 e. The zero-order valence-electron chi connectivity index (χ0n) is 9.65. The van der Waals surface area contributed by atoms with Gasteiger partial charge in [0.2, 0.25) is 0 Å². The van der Waals surface area contributed by atoms with E-state index in [1.807, 2.05) is 0 Å². The summed E-state index contributed by atoms with van der Waals surface area (Å²) in [4.78, 5) is 11.8. The summed E-state index contributed by atoms with van der Waals surface area (Å²) in [6.45, 7) is 2.02. The molecule has 0 aliphatic carbocycles. The average molecular weight is 335 g/mol. The maximum atomic E-state index is 11.8. The molecule has 0 radical (unpaired) electrons. The number of hydrogen-bond acceptors (Lipinski definition) is 3. The number of benzene rings is 1. The number of nitrogens with two attached hydrogens (primary N) is 1. The molecule has 0 bridgehead atoms. The summed E-state index contributed by atoms with van der Waals surface area (Å²) < 4.78 is 0.728. The SMILES string of the molecule is CC(CNC(=O)c1ccc(Br)c(Cl)c1)/C(N)=N/O. The number of rotatable bonds is 4. The van der Waals surface area contributed by atoms with Gasteiger partial charge >= 0.3 is 0 Å². The molecule has 7 heteroatoms. The van der Waals surface area contributed by atoms with Gasteiger partial charge in [-0.05, 0) is 34.1 Å². The molecule has 1 aromatic carbocycles. The molecule has 0 aliphatic heterocycles. The highest BCUT2D eigenvalue weighted by Gasteiger charge is 2.11. The monoisotopic (exact) mass is 333 g/mol. The fraction of sp³-hybridized carbons (Fsp3) is 0.273. The second kappa shape index (κ2) is 6.61. The minimum Gasteiger partial charge on any atom is -0.409 e. The highest BCUT2D eigenvalue weighted by molar-refractivity contribution is 9.10. The van der Waals surface area contributed by atoms with Crippen LogP contribution in [0, 0.1) is 5.92 Å². The van der Waals surface area contributed by atoms with E-state index < -0.39 is 0 Å². The van der Waals surface area contributed by atoms with Crippen LogP contribution in [-0.4, -0.2) is 23.5 Å². The van der Waals surface area contributed by atoms with Crippen LogP contribution in [-0.2, 0) is 0 Å². The number of carbonyl (C=O) groups excluding carboxylic acids is 1. The third-order valence-electron chi connectivity index (χ3n) is 2.37. The van der Waals surface area contributed by atoms with Gasteiger partial charge in [0.1, 0.15) is 5.84 Å². The Morgan fingerprint density at radius 3 is 2.89 bits per heavy atom. The summed E-state index contributed by atoms with van der Waals surface area (Å²) in [5, 5.41) is 14.5. The molecule has 1 unspecified atom stereocenters. The molecule has 1 aromatic rings. The number of nitrogens with zero attached hydrogens (tertiary/aromatic N) is 1. The predicted molar refractivity (Wildman–Crippen MR) is 74.1 cm³/mol. The maximum absolute atomic E-state index is 11.8. The Morgan fingerprint density at radius 2 is 2.33 bits per heavy atom. The Morgan fingerprint density at radius 1 is 1.67 bits per heavy atom. The van der Waals surface area contributed by atoms with Gasteiger partial charge in [0.25, 0.3) is 5.91 Å². The van der Waals surface area contributed by atoms with Crippen molar-refractivity contribution in [3.63, 3.8) is 0 Å². The molecule has 0 aromatic heterocycles. The first kappa shape index (κ1) is 14.8. The lowest BCUT2D eigenvalue weighted by Gasteiger charge is -2.11. The first-order chi connectivity index (χ1) is 8.45. The van der Waals surface area contributed by atoms with Crippen LogP contribution in [0.2, 0.25) is 5.02 Å². The van der Waals surface area contributed by atoms with Gasteiger partial charge in [-0.25, -0.2) is 0 Å². The van der Waals surface area contributed by atoms with Crippen LogP contribution < -0.4 is 11.1 Å². The van der Waals surface area contributed by atoms with Crippen LogP contribution in [0.4, 0.5) is 0 Å². The Kier molecular flexibility index (Phi) is 5.43. The van der Waals surface area contributed by atoms with E-state index >= 15 is 0 Å². The van der Waals surface area contributed by atoms with E-state index in [0.717, 1.165) is 4.47 Å². The molecule has 0 spiro atoms. The molecule has 0 saturated heterocycles. The third kappa shape index (κ3) is 3.89. The first-order valence-electron chi connectivity index (χ1n) is 5.16. The number of amidine groups is 1. The van der Waals surface area contributed by atoms with Crippen molar-refractivity contribution in [1.82, 2.24) is 5.32 Å². The molecule has 4 N–H and O–H groups in total. The molecule has 1 amide bonds. The van der Waals surface area contributed by atoms with Crippen LogP contribution in [0.1, 0.15) is 17.3 Å². The normalized spacial score (nSPS) is 13.2. The molecule has 5 nitrogen and oxygen atoms in total. The highest BCUT2D eigenvalue weighted by Crippen LogP contribution is 2.23. The molecule has 1 rings (SSSR count). The second-order valence-corrected chi connectivity index (χ2v) is 5.03. The van der Waals surface area contributed by atoms with Crippen molar-refractivity contribution in [3.05, 3.63) is 33.3 Å². The molecular weight excluding hydrogens is 321 g/mol. The summed E-state index contributed by atoms with van der Waals surface area (Å²) in [7, 11) is 0. The van der Waals surface area contributed by atoms with E-state index in [4.69, 9.17) is 22.5 Å². The number of halogens is 2. The van der Waals surface area contributed by atoms with Crippen molar-refractivity contribution < 1.29 is 10.0 Å². The number of carbonyl (C=O) groups is 1. The zero-order chi connectivity index (χ0) is 13.7. The fourth-order valence-electron chi connectivity index (χ4n) is 1.19. The predicted octanol–water partition coefficient (Wildman–Crippen LogP) is 2.21. The number of hydrogen-bond donors (Lipinski definition) is 3. The lowest BCUT2D eigenvalue weighted by Crippen LogP contribution is -2.34. The number of oxime groups is 1. The van der Waals surface area contributed by atoms with E-state index in [-0.39, 0.29) is 24.2 Å². The molecule has 1 atom stereocenters. The van der Waals surface area contributed by atoms with Gasteiger partial charge in [0.15, 0.2) is 0 Å². The van der Waals surface area contributed by atoms with Crippen LogP contribution in [0.15, 0.2) is 27.8 Å². The van der Waals surface area contributed by atoms with E-state index in [0.29, 0.717) is 10.6 Å². The Labute approximate surface area is 118 Å². The van der Waals surface area contributed by atoms with Gasteiger partial charge in [-0.2, -0.15) is 0 Å². The lowest BCUT2D eigenvalue weighted by atomic mass is 10.1. The van der Waals surface area contributed by atoms with E-state index in [1.165, 1.54) is 0 Å². The van der Waals surface area contributed by atoms with Gasteiger partial charge in [-0.1, -0.05) is 23.7 Å². The smallest absolute Gasteiger partial charge is 0.251 e. The number of amides is 1. The zero-order valence-corrected chi connectivity index (χ0v) is 12.0. The van der Waals surface area contributed by atoms with Crippen LogP contribution in [0.25, 0.3) is 0 Å². The fourth-order valence-corrected chi connectivity index (χ4v) is 1.62. The van der Waals surface area contributed by atoms with Crippen LogP contribution >= 0.6 is 27.5 Å². The van der Waals surface area contributed by atoms with Crippen molar-refractivity contribution in [2.75, 3.05) is 6.54 Å². The van der Waals surface area contributed by atoms with Crippen molar-refractivity contribution in [2.45, 2.75) is 6.92 Å². The molecule has 0 aliphatic rings. The topological polar surface area (TPSA) is 87.7 Å². The molecule has 0 fully saturated rings. The minimum atomic E-state index is -0.262. The Bertz CT molecular complexity index is 479. The number of nitrogens with one attached hydrogen (secondary N) is 1. The largest absolute Gasteiger partial charge is 0.409 e. The standard InChI is InChI=1S/C11H13BrClN3O2/c1-6(10(14)16-18)5-15-11(17)7-2-3-8(12)9(13)4-7/h2-4,6,18H,5H2,1H3,(H2,14,16)(H,15,17). The third-order valence-corrected chi connectivity index (χ3v) is 3.60. The van der Waals surface area contributed by atoms with Gasteiger partial charge in [-0.3, -0.25) is 4.79 Å². The molecule has 0 saturated carbocycles. The van der Waals surface area contributed by atoms with E-state index in [2.05, 4.69) is 26.4 Å². The van der Waals surface area contributed by atoms with Gasteiger partial charge in [-0.15, -0.1) is 0 Å². The highest BCUT2D eigenvalue weighted by atomic mass is 79.9. The van der Waals surface area contributed by atoms with Gasteiger partial charge in [0.05, 0.1) is 5.02 Å². The summed E-state index contributed by atoms with van der Waals surface area (Å²) in [6, 6.07) is 4.92. The Balaban J connectivity index is 2.63. The summed E-state index contributed by atoms with van der Waals surface area (Å²) in [6.07, 6.45) is 0. The summed E-state index contributed by atoms with van der Waals surface area (Å²) >= 11 is 9.14. The molecule has 18 heavy (non-hydrogen) atoms. The first-order valence-corrected chi connectivity index (χ1v) is 6.33. The Hall–Kier alpha value is -1.27. The summed E-state index contributed by atoms with van der Waals surface area (Å²) in [5.74, 6) is -0.434. The molecule has 0 heterocycles. The van der Waals surface area contributed by atoms with E-state index in [9.17, 15) is 4.79 Å². The van der Waals surface area contributed by atoms with Crippen molar-refractivity contribution in [1.29, 1.82) is 0 Å². The van der Waals surface area contributed by atoms with Crippen LogP contribution in [0.5, 0.6) is 0 Å². The van der Waals surface area contributed by atoms with Gasteiger partial charge < -0.3 is 16.3 Å². The minimum absolute atomic E-state index is 0.0733. The van der Waals surface area contributed by atoms with E-state index in [1.54, 1.807) is 25.1 Å². The quantitative estimate of drug-likeness (QED) is 0.341. The molecule has 98 valence electrons. The van der Waals surface area contributed by atoms with Crippen molar-refractivity contribution >= 4 is 39.3 Å². The van der Waals surface area contributed by atoms with Gasteiger partial charge in [0, 0.05) is 22.5 Å². The van der Waals surface area contributed by atoms with Crippen LogP contribution in [0.3, 0.4) is 0 Å². The van der Waals surface area contributed by atoms with Crippen molar-refractivity contribution in [3.8, 4) is 0 Å². The lowest BCUT2D eigenvalue weighted by molar-refractivity contribution is 0.0951. The molecular formula is C11H13BrClN3O2.